The summed E-state index contributed by atoms with van der Waals surface area (Å²) in [5, 5.41) is 8.65. The maximum Gasteiger partial charge on any atom is 0.251 e. The van der Waals surface area contributed by atoms with E-state index in [4.69, 9.17) is 4.74 Å². The minimum absolute atomic E-state index is 0.0870. The first kappa shape index (κ1) is 18.3. The third-order valence-corrected chi connectivity index (χ3v) is 3.40. The summed E-state index contributed by atoms with van der Waals surface area (Å²) < 4.78 is 5.20. The van der Waals surface area contributed by atoms with Gasteiger partial charge in [-0.3, -0.25) is 9.59 Å². The van der Waals surface area contributed by atoms with Gasteiger partial charge >= 0.3 is 0 Å². The van der Waals surface area contributed by atoms with Gasteiger partial charge in [0.1, 0.15) is 5.75 Å². The largest absolute Gasteiger partial charge is 0.495 e. The highest BCUT2D eigenvalue weighted by atomic mass is 16.5. The van der Waals surface area contributed by atoms with Crippen LogP contribution in [0.5, 0.6) is 5.75 Å². The Morgan fingerprint density at radius 3 is 2.36 bits per heavy atom. The van der Waals surface area contributed by atoms with Gasteiger partial charge in [-0.05, 0) is 50.2 Å². The fourth-order valence-corrected chi connectivity index (χ4v) is 2.21. The van der Waals surface area contributed by atoms with Gasteiger partial charge in [0.25, 0.3) is 5.91 Å². The Balaban J connectivity index is 1.88. The number of rotatable bonds is 7. The van der Waals surface area contributed by atoms with Crippen molar-refractivity contribution in [2.75, 3.05) is 24.3 Å². The molecule has 0 bridgehead atoms. The number of methoxy groups -OCH3 is 1. The molecule has 6 heteroatoms. The molecule has 0 aliphatic carbocycles. The summed E-state index contributed by atoms with van der Waals surface area (Å²) in [6, 6.07) is 14.3. The first-order chi connectivity index (χ1) is 12.0. The Labute approximate surface area is 147 Å². The van der Waals surface area contributed by atoms with Gasteiger partial charge in [-0.1, -0.05) is 12.1 Å². The molecule has 0 atom stereocenters. The van der Waals surface area contributed by atoms with E-state index in [1.807, 2.05) is 26.0 Å². The zero-order chi connectivity index (χ0) is 18.2. The highest BCUT2D eigenvalue weighted by Crippen LogP contribution is 2.22. The normalized spacial score (nSPS) is 10.2. The summed E-state index contributed by atoms with van der Waals surface area (Å²) >= 11 is 0. The fourth-order valence-electron chi connectivity index (χ4n) is 2.21. The number of hydrogen-bond donors (Lipinski definition) is 3. The topological polar surface area (TPSA) is 79.5 Å². The Morgan fingerprint density at radius 1 is 1.04 bits per heavy atom. The first-order valence-corrected chi connectivity index (χ1v) is 8.07. The molecule has 0 spiro atoms. The molecular formula is C19H23N3O3. The van der Waals surface area contributed by atoms with Crippen molar-refractivity contribution < 1.29 is 14.3 Å². The smallest absolute Gasteiger partial charge is 0.251 e. The number of carbonyl (C=O) groups is 2. The average Bonchev–Trinajstić information content (AvgIpc) is 2.60. The van der Waals surface area contributed by atoms with Crippen LogP contribution in [0.2, 0.25) is 0 Å². The second-order valence-corrected chi connectivity index (χ2v) is 5.81. The van der Waals surface area contributed by atoms with Gasteiger partial charge in [0.05, 0.1) is 19.3 Å². The zero-order valence-corrected chi connectivity index (χ0v) is 14.6. The van der Waals surface area contributed by atoms with E-state index in [-0.39, 0.29) is 24.4 Å². The van der Waals surface area contributed by atoms with E-state index in [0.717, 1.165) is 5.69 Å². The van der Waals surface area contributed by atoms with Gasteiger partial charge in [-0.15, -0.1) is 0 Å². The third kappa shape index (κ3) is 5.53. The minimum Gasteiger partial charge on any atom is -0.495 e. The van der Waals surface area contributed by atoms with Crippen molar-refractivity contribution in [1.29, 1.82) is 0 Å². The molecule has 2 aromatic rings. The van der Waals surface area contributed by atoms with Crippen molar-refractivity contribution in [2.45, 2.75) is 19.9 Å². The number of hydrogen-bond acceptors (Lipinski definition) is 4. The number of amides is 2. The van der Waals surface area contributed by atoms with E-state index in [1.54, 1.807) is 43.5 Å². The molecule has 6 nitrogen and oxygen atoms in total. The predicted molar refractivity (Wildman–Crippen MR) is 99.2 cm³/mol. The van der Waals surface area contributed by atoms with E-state index >= 15 is 0 Å². The van der Waals surface area contributed by atoms with E-state index in [9.17, 15) is 9.59 Å². The van der Waals surface area contributed by atoms with E-state index < -0.39 is 0 Å². The summed E-state index contributed by atoms with van der Waals surface area (Å²) in [5.74, 6) is 0.304. The highest BCUT2D eigenvalue weighted by Gasteiger charge is 2.08. The Morgan fingerprint density at radius 2 is 1.72 bits per heavy atom. The number of ether oxygens (including phenoxy) is 1. The van der Waals surface area contributed by atoms with Crippen LogP contribution in [0.3, 0.4) is 0 Å². The average molecular weight is 341 g/mol. The van der Waals surface area contributed by atoms with Gasteiger partial charge < -0.3 is 20.7 Å². The van der Waals surface area contributed by atoms with Crippen molar-refractivity contribution in [3.05, 3.63) is 54.1 Å². The van der Waals surface area contributed by atoms with Crippen molar-refractivity contribution >= 4 is 23.2 Å². The summed E-state index contributed by atoms with van der Waals surface area (Å²) in [6.45, 7) is 3.93. The zero-order valence-electron chi connectivity index (χ0n) is 14.6. The molecule has 0 fully saturated rings. The van der Waals surface area contributed by atoms with Gasteiger partial charge in [0.2, 0.25) is 5.91 Å². The number of nitrogens with one attached hydrogen (secondary N) is 3. The lowest BCUT2D eigenvalue weighted by Gasteiger charge is -2.11. The maximum atomic E-state index is 12.1. The summed E-state index contributed by atoms with van der Waals surface area (Å²) in [7, 11) is 1.56. The van der Waals surface area contributed by atoms with Crippen molar-refractivity contribution in [2.24, 2.45) is 0 Å². The lowest BCUT2D eigenvalue weighted by atomic mass is 10.2. The summed E-state index contributed by atoms with van der Waals surface area (Å²) in [6.07, 6.45) is 0. The molecule has 0 aromatic heterocycles. The molecule has 2 aromatic carbocycles. The SMILES string of the molecule is COc1ccccc1NC(=O)CNc1ccc(C(=O)NC(C)C)cc1. The number of para-hydroxylation sites is 2. The molecule has 0 aliphatic heterocycles. The van der Waals surface area contributed by atoms with Crippen LogP contribution >= 0.6 is 0 Å². The van der Waals surface area contributed by atoms with E-state index in [1.165, 1.54) is 0 Å². The lowest BCUT2D eigenvalue weighted by Crippen LogP contribution is -2.30. The van der Waals surface area contributed by atoms with Crippen LogP contribution in [-0.4, -0.2) is 31.5 Å². The summed E-state index contributed by atoms with van der Waals surface area (Å²) in [5.41, 5.74) is 1.96. The number of anilines is 2. The molecule has 2 rings (SSSR count). The second kappa shape index (κ2) is 8.73. The molecule has 0 unspecified atom stereocenters. The molecule has 0 radical (unpaired) electrons. The molecule has 132 valence electrons. The van der Waals surface area contributed by atoms with Crippen LogP contribution in [0, 0.1) is 0 Å². The Kier molecular flexibility index (Phi) is 6.39. The fraction of sp³-hybridized carbons (Fsp3) is 0.263. The first-order valence-electron chi connectivity index (χ1n) is 8.07. The second-order valence-electron chi connectivity index (χ2n) is 5.81. The monoisotopic (exact) mass is 341 g/mol. The van der Waals surface area contributed by atoms with Crippen LogP contribution in [-0.2, 0) is 4.79 Å². The third-order valence-electron chi connectivity index (χ3n) is 3.40. The standard InChI is InChI=1S/C19H23N3O3/c1-13(2)21-19(24)14-8-10-15(11-9-14)20-12-18(23)22-16-6-4-5-7-17(16)25-3/h4-11,13,20H,12H2,1-3H3,(H,21,24)(H,22,23). The molecule has 2 amide bonds. The van der Waals surface area contributed by atoms with Crippen LogP contribution in [0.15, 0.2) is 48.5 Å². The lowest BCUT2D eigenvalue weighted by molar-refractivity contribution is -0.114. The molecule has 0 saturated heterocycles. The van der Waals surface area contributed by atoms with Gasteiger partial charge in [0.15, 0.2) is 0 Å². The van der Waals surface area contributed by atoms with Crippen LogP contribution in [0.1, 0.15) is 24.2 Å². The Bertz CT molecular complexity index is 727. The van der Waals surface area contributed by atoms with Crippen molar-refractivity contribution in [1.82, 2.24) is 5.32 Å². The van der Waals surface area contributed by atoms with Gasteiger partial charge in [0, 0.05) is 17.3 Å². The molecular weight excluding hydrogens is 318 g/mol. The Hall–Kier alpha value is -3.02. The van der Waals surface area contributed by atoms with Crippen LogP contribution < -0.4 is 20.7 Å². The highest BCUT2D eigenvalue weighted by molar-refractivity contribution is 5.96. The molecule has 0 aliphatic rings. The van der Waals surface area contributed by atoms with Crippen molar-refractivity contribution in [3.63, 3.8) is 0 Å². The van der Waals surface area contributed by atoms with Crippen LogP contribution in [0.25, 0.3) is 0 Å². The molecule has 0 saturated carbocycles. The maximum absolute atomic E-state index is 12.1. The van der Waals surface area contributed by atoms with Crippen molar-refractivity contribution in [3.8, 4) is 5.75 Å². The van der Waals surface area contributed by atoms with E-state index in [2.05, 4.69) is 16.0 Å². The summed E-state index contributed by atoms with van der Waals surface area (Å²) in [4.78, 5) is 23.9. The number of benzene rings is 2. The quantitative estimate of drug-likeness (QED) is 0.723. The molecule has 25 heavy (non-hydrogen) atoms. The number of carbonyl (C=O) groups excluding carboxylic acids is 2. The predicted octanol–water partition coefficient (Wildman–Crippen LogP) is 2.88. The van der Waals surface area contributed by atoms with Gasteiger partial charge in [-0.25, -0.2) is 0 Å². The van der Waals surface area contributed by atoms with Gasteiger partial charge in [-0.2, -0.15) is 0 Å². The molecule has 3 N–H and O–H groups in total. The van der Waals surface area contributed by atoms with Crippen LogP contribution in [0.4, 0.5) is 11.4 Å². The minimum atomic E-state index is -0.189. The molecule has 0 heterocycles. The van der Waals surface area contributed by atoms with E-state index in [0.29, 0.717) is 17.0 Å².